The number of fused-ring (bicyclic) bond motifs is 1. The zero-order valence-electron chi connectivity index (χ0n) is 9.27. The fourth-order valence-corrected chi connectivity index (χ4v) is 1.70. The molecular weight excluding hydrogens is 223 g/mol. The SMILES string of the molecule is CCCc1nc(C(=O)O)nc2c(F)cccc12. The molecule has 0 unspecified atom stereocenters. The molecule has 0 radical (unpaired) electrons. The monoisotopic (exact) mass is 234 g/mol. The van der Waals surface area contributed by atoms with Crippen LogP contribution in [0.1, 0.15) is 29.7 Å². The summed E-state index contributed by atoms with van der Waals surface area (Å²) < 4.78 is 13.6. The van der Waals surface area contributed by atoms with E-state index in [9.17, 15) is 9.18 Å². The van der Waals surface area contributed by atoms with Gasteiger partial charge in [-0.15, -0.1) is 0 Å². The van der Waals surface area contributed by atoms with E-state index < -0.39 is 11.8 Å². The van der Waals surface area contributed by atoms with Crippen molar-refractivity contribution in [1.29, 1.82) is 0 Å². The molecule has 0 atom stereocenters. The first kappa shape index (κ1) is 11.4. The van der Waals surface area contributed by atoms with E-state index in [4.69, 9.17) is 5.11 Å². The second kappa shape index (κ2) is 4.45. The molecule has 1 N–H and O–H groups in total. The first-order chi connectivity index (χ1) is 8.13. The molecule has 0 bridgehead atoms. The van der Waals surface area contributed by atoms with Crippen LogP contribution < -0.4 is 0 Å². The number of aryl methyl sites for hydroxylation is 1. The molecule has 1 heterocycles. The molecule has 0 fully saturated rings. The van der Waals surface area contributed by atoms with E-state index in [2.05, 4.69) is 9.97 Å². The van der Waals surface area contributed by atoms with Crippen LogP contribution >= 0.6 is 0 Å². The van der Waals surface area contributed by atoms with Crippen molar-refractivity contribution in [2.24, 2.45) is 0 Å². The van der Waals surface area contributed by atoms with Crippen molar-refractivity contribution >= 4 is 16.9 Å². The van der Waals surface area contributed by atoms with Gasteiger partial charge in [-0.1, -0.05) is 25.5 Å². The fourth-order valence-electron chi connectivity index (χ4n) is 1.70. The summed E-state index contributed by atoms with van der Waals surface area (Å²) >= 11 is 0. The van der Waals surface area contributed by atoms with Gasteiger partial charge in [0, 0.05) is 5.39 Å². The van der Waals surface area contributed by atoms with Crippen LogP contribution in [-0.4, -0.2) is 21.0 Å². The summed E-state index contributed by atoms with van der Waals surface area (Å²) in [7, 11) is 0. The minimum atomic E-state index is -1.24. The van der Waals surface area contributed by atoms with Gasteiger partial charge in [-0.3, -0.25) is 0 Å². The Kier molecular flexibility index (Phi) is 2.99. The maximum Gasteiger partial charge on any atom is 0.373 e. The van der Waals surface area contributed by atoms with Crippen LogP contribution in [0.5, 0.6) is 0 Å². The number of nitrogens with zero attached hydrogens (tertiary/aromatic N) is 2. The molecule has 1 aromatic carbocycles. The topological polar surface area (TPSA) is 63.1 Å². The van der Waals surface area contributed by atoms with Gasteiger partial charge in [0.05, 0.1) is 5.69 Å². The number of aromatic carboxylic acids is 1. The highest BCUT2D eigenvalue weighted by atomic mass is 19.1. The molecule has 0 saturated carbocycles. The number of carboxylic acid groups (broad SMARTS) is 1. The molecular formula is C12H11FN2O2. The Balaban J connectivity index is 2.76. The summed E-state index contributed by atoms with van der Waals surface area (Å²) in [6, 6.07) is 4.53. The van der Waals surface area contributed by atoms with Crippen molar-refractivity contribution in [2.75, 3.05) is 0 Å². The predicted molar refractivity (Wildman–Crippen MR) is 60.5 cm³/mol. The molecule has 0 saturated heterocycles. The number of carbonyl (C=O) groups is 1. The van der Waals surface area contributed by atoms with Crippen molar-refractivity contribution < 1.29 is 14.3 Å². The van der Waals surface area contributed by atoms with Crippen LogP contribution in [-0.2, 0) is 6.42 Å². The second-order valence-corrected chi connectivity index (χ2v) is 3.69. The minimum Gasteiger partial charge on any atom is -0.475 e. The fraction of sp³-hybridized carbons (Fsp3) is 0.250. The van der Waals surface area contributed by atoms with Crippen molar-refractivity contribution in [3.8, 4) is 0 Å². The average molecular weight is 234 g/mol. The van der Waals surface area contributed by atoms with Gasteiger partial charge in [0.15, 0.2) is 0 Å². The molecule has 0 aliphatic rings. The van der Waals surface area contributed by atoms with E-state index in [0.717, 1.165) is 6.42 Å². The van der Waals surface area contributed by atoms with Gasteiger partial charge < -0.3 is 5.11 Å². The molecule has 0 spiro atoms. The number of rotatable bonds is 3. The number of aromatic nitrogens is 2. The zero-order chi connectivity index (χ0) is 12.4. The van der Waals surface area contributed by atoms with Gasteiger partial charge in [0.25, 0.3) is 0 Å². The average Bonchev–Trinajstić information content (AvgIpc) is 2.30. The molecule has 1 aromatic heterocycles. The standard InChI is InChI=1S/C12H11FN2O2/c1-2-4-9-7-5-3-6-8(13)10(7)15-11(14-9)12(16)17/h3,5-6H,2,4H2,1H3,(H,16,17). The van der Waals surface area contributed by atoms with E-state index in [0.29, 0.717) is 17.5 Å². The number of benzene rings is 1. The Bertz CT molecular complexity index is 584. The normalized spacial score (nSPS) is 10.7. The second-order valence-electron chi connectivity index (χ2n) is 3.69. The summed E-state index contributed by atoms with van der Waals surface area (Å²) in [6.45, 7) is 1.95. The summed E-state index contributed by atoms with van der Waals surface area (Å²) in [5.74, 6) is -2.12. The van der Waals surface area contributed by atoms with E-state index in [1.807, 2.05) is 6.92 Å². The van der Waals surface area contributed by atoms with E-state index in [-0.39, 0.29) is 11.3 Å². The third-order valence-corrected chi connectivity index (χ3v) is 2.43. The Morgan fingerprint density at radius 3 is 2.82 bits per heavy atom. The molecule has 5 heteroatoms. The lowest BCUT2D eigenvalue weighted by atomic mass is 10.1. The van der Waals surface area contributed by atoms with Crippen molar-refractivity contribution in [3.63, 3.8) is 0 Å². The predicted octanol–water partition coefficient (Wildman–Crippen LogP) is 2.42. The number of hydrogen-bond acceptors (Lipinski definition) is 3. The quantitative estimate of drug-likeness (QED) is 0.885. The number of hydrogen-bond donors (Lipinski definition) is 1. The molecule has 0 aliphatic heterocycles. The minimum absolute atomic E-state index is 0.0725. The maximum atomic E-state index is 13.6. The molecule has 0 amide bonds. The van der Waals surface area contributed by atoms with Crippen LogP contribution in [0.3, 0.4) is 0 Å². The maximum absolute atomic E-state index is 13.6. The Hall–Kier alpha value is -2.04. The third kappa shape index (κ3) is 2.08. The van der Waals surface area contributed by atoms with Crippen LogP contribution in [0.15, 0.2) is 18.2 Å². The summed E-state index contributed by atoms with van der Waals surface area (Å²) in [5, 5.41) is 9.46. The summed E-state index contributed by atoms with van der Waals surface area (Å²) in [4.78, 5) is 18.6. The Morgan fingerprint density at radius 1 is 1.41 bits per heavy atom. The lowest BCUT2D eigenvalue weighted by Crippen LogP contribution is -2.08. The van der Waals surface area contributed by atoms with Crippen LogP contribution in [0.25, 0.3) is 10.9 Å². The largest absolute Gasteiger partial charge is 0.475 e. The number of halogens is 1. The molecule has 17 heavy (non-hydrogen) atoms. The van der Waals surface area contributed by atoms with E-state index in [1.165, 1.54) is 6.07 Å². The van der Waals surface area contributed by atoms with Gasteiger partial charge in [-0.25, -0.2) is 19.2 Å². The smallest absolute Gasteiger partial charge is 0.373 e. The number of carboxylic acids is 1. The highest BCUT2D eigenvalue weighted by Crippen LogP contribution is 2.19. The Labute approximate surface area is 97.1 Å². The molecule has 2 aromatic rings. The van der Waals surface area contributed by atoms with Crippen LogP contribution in [0.2, 0.25) is 0 Å². The third-order valence-electron chi connectivity index (χ3n) is 2.43. The summed E-state index contributed by atoms with van der Waals surface area (Å²) in [5.41, 5.74) is 0.651. The Morgan fingerprint density at radius 2 is 2.18 bits per heavy atom. The lowest BCUT2D eigenvalue weighted by molar-refractivity contribution is 0.0683. The van der Waals surface area contributed by atoms with Crippen LogP contribution in [0.4, 0.5) is 4.39 Å². The van der Waals surface area contributed by atoms with Crippen molar-refractivity contribution in [1.82, 2.24) is 9.97 Å². The summed E-state index contributed by atoms with van der Waals surface area (Å²) in [6.07, 6.45) is 1.41. The zero-order valence-corrected chi connectivity index (χ0v) is 9.27. The molecule has 2 rings (SSSR count). The van der Waals surface area contributed by atoms with Crippen molar-refractivity contribution in [2.45, 2.75) is 19.8 Å². The molecule has 0 aliphatic carbocycles. The van der Waals surface area contributed by atoms with Crippen molar-refractivity contribution in [3.05, 3.63) is 35.5 Å². The molecule has 4 nitrogen and oxygen atoms in total. The first-order valence-electron chi connectivity index (χ1n) is 5.32. The van der Waals surface area contributed by atoms with Crippen LogP contribution in [0, 0.1) is 5.82 Å². The van der Waals surface area contributed by atoms with Gasteiger partial charge in [-0.05, 0) is 12.5 Å². The first-order valence-corrected chi connectivity index (χ1v) is 5.32. The highest BCUT2D eigenvalue weighted by molar-refractivity contribution is 5.88. The van der Waals surface area contributed by atoms with Gasteiger partial charge in [-0.2, -0.15) is 0 Å². The number of para-hydroxylation sites is 1. The van der Waals surface area contributed by atoms with Gasteiger partial charge in [0.2, 0.25) is 5.82 Å². The van der Waals surface area contributed by atoms with E-state index in [1.54, 1.807) is 12.1 Å². The highest BCUT2D eigenvalue weighted by Gasteiger charge is 2.14. The lowest BCUT2D eigenvalue weighted by Gasteiger charge is -2.06. The van der Waals surface area contributed by atoms with Gasteiger partial charge in [0.1, 0.15) is 11.3 Å². The van der Waals surface area contributed by atoms with Gasteiger partial charge >= 0.3 is 5.97 Å². The molecule has 88 valence electrons. The van der Waals surface area contributed by atoms with E-state index >= 15 is 0 Å².